The summed E-state index contributed by atoms with van der Waals surface area (Å²) in [6, 6.07) is 0. The van der Waals surface area contributed by atoms with Crippen LogP contribution in [0.3, 0.4) is 0 Å². The minimum atomic E-state index is 0. The fourth-order valence-corrected chi connectivity index (χ4v) is 1.75. The predicted molar refractivity (Wildman–Crippen MR) is 47.1 cm³/mol. The van der Waals surface area contributed by atoms with Crippen LogP contribution in [0.1, 0.15) is 0 Å². The van der Waals surface area contributed by atoms with Gasteiger partial charge in [-0.1, -0.05) is 0 Å². The molecule has 0 spiro atoms. The number of hydrogen-bond acceptors (Lipinski definition) is 3. The van der Waals surface area contributed by atoms with E-state index in [0.29, 0.717) is 12.2 Å². The number of halogens is 1. The highest BCUT2D eigenvalue weighted by Gasteiger charge is 2.32. The third-order valence-electron chi connectivity index (χ3n) is 2.68. The van der Waals surface area contributed by atoms with E-state index in [1.54, 1.807) is 0 Å². The van der Waals surface area contributed by atoms with Gasteiger partial charge in [0.15, 0.2) is 0 Å². The molecule has 0 aromatic rings. The normalized spacial score (nSPS) is 33.7. The SMILES string of the molecule is C1=[N+](CC2CO2)CCN1CC1CO1.[Cl-]. The van der Waals surface area contributed by atoms with Crippen molar-refractivity contribution in [3.05, 3.63) is 0 Å². The Hall–Kier alpha value is -0.320. The average molecular weight is 219 g/mol. The summed E-state index contributed by atoms with van der Waals surface area (Å²) in [4.78, 5) is 2.35. The van der Waals surface area contributed by atoms with E-state index < -0.39 is 0 Å². The van der Waals surface area contributed by atoms with Gasteiger partial charge in [-0.25, -0.2) is 0 Å². The second kappa shape index (κ2) is 4.04. The Morgan fingerprint density at radius 1 is 1.29 bits per heavy atom. The molecule has 0 aromatic heterocycles. The van der Waals surface area contributed by atoms with E-state index in [2.05, 4.69) is 15.8 Å². The summed E-state index contributed by atoms with van der Waals surface area (Å²) in [5, 5.41) is 0. The Bertz CT molecular complexity index is 239. The van der Waals surface area contributed by atoms with Gasteiger partial charge in [-0.2, -0.15) is 0 Å². The van der Waals surface area contributed by atoms with Crippen molar-refractivity contribution in [1.29, 1.82) is 0 Å². The number of hydrogen-bond donors (Lipinski definition) is 0. The molecule has 80 valence electrons. The molecule has 3 aliphatic rings. The number of ether oxygens (including phenoxy) is 2. The Morgan fingerprint density at radius 2 is 2.00 bits per heavy atom. The second-order valence-electron chi connectivity index (χ2n) is 4.02. The molecule has 4 nitrogen and oxygen atoms in total. The number of rotatable bonds is 4. The van der Waals surface area contributed by atoms with Crippen LogP contribution in [0.15, 0.2) is 0 Å². The molecular weight excluding hydrogens is 204 g/mol. The third-order valence-corrected chi connectivity index (χ3v) is 2.68. The molecule has 2 saturated heterocycles. The molecule has 2 fully saturated rings. The molecule has 3 aliphatic heterocycles. The van der Waals surface area contributed by atoms with Crippen molar-refractivity contribution >= 4 is 6.34 Å². The predicted octanol–water partition coefficient (Wildman–Crippen LogP) is -3.86. The lowest BCUT2D eigenvalue weighted by atomic mass is 10.4. The summed E-state index contributed by atoms with van der Waals surface area (Å²) >= 11 is 0. The van der Waals surface area contributed by atoms with Gasteiger partial charge in [-0.3, -0.25) is 9.48 Å². The molecule has 2 unspecified atom stereocenters. The van der Waals surface area contributed by atoms with Gasteiger partial charge < -0.3 is 21.9 Å². The summed E-state index contributed by atoms with van der Waals surface area (Å²) in [7, 11) is 0. The Balaban J connectivity index is 0.000000750. The van der Waals surface area contributed by atoms with Crippen LogP contribution < -0.4 is 12.4 Å². The van der Waals surface area contributed by atoms with Gasteiger partial charge in [0.1, 0.15) is 38.4 Å². The first-order valence-corrected chi connectivity index (χ1v) is 4.96. The van der Waals surface area contributed by atoms with E-state index in [1.807, 2.05) is 0 Å². The van der Waals surface area contributed by atoms with Crippen LogP contribution in [-0.4, -0.2) is 67.4 Å². The smallest absolute Gasteiger partial charge is 0.234 e. The molecule has 14 heavy (non-hydrogen) atoms. The maximum absolute atomic E-state index is 5.19. The van der Waals surface area contributed by atoms with E-state index in [-0.39, 0.29) is 12.4 Å². The molecular formula is C9H15ClN2O2. The van der Waals surface area contributed by atoms with Crippen LogP contribution in [0.25, 0.3) is 0 Å². The largest absolute Gasteiger partial charge is 1.00 e. The van der Waals surface area contributed by atoms with E-state index in [9.17, 15) is 0 Å². The van der Waals surface area contributed by atoms with E-state index >= 15 is 0 Å². The summed E-state index contributed by atoms with van der Waals surface area (Å²) in [5.74, 6) is 0. The van der Waals surface area contributed by atoms with Crippen molar-refractivity contribution in [2.45, 2.75) is 12.2 Å². The zero-order chi connectivity index (χ0) is 8.67. The zero-order valence-corrected chi connectivity index (χ0v) is 8.82. The van der Waals surface area contributed by atoms with Crippen LogP contribution in [0, 0.1) is 0 Å². The Labute approximate surface area is 89.9 Å². The quantitative estimate of drug-likeness (QED) is 0.358. The van der Waals surface area contributed by atoms with E-state index in [0.717, 1.165) is 39.4 Å². The van der Waals surface area contributed by atoms with E-state index in [1.165, 1.54) is 0 Å². The zero-order valence-electron chi connectivity index (χ0n) is 8.06. The van der Waals surface area contributed by atoms with Crippen molar-refractivity contribution in [2.75, 3.05) is 39.4 Å². The highest BCUT2D eigenvalue weighted by atomic mass is 35.5. The van der Waals surface area contributed by atoms with Gasteiger partial charge in [-0.15, -0.1) is 0 Å². The Morgan fingerprint density at radius 3 is 2.64 bits per heavy atom. The summed E-state index contributed by atoms with van der Waals surface area (Å²) in [6.45, 7) is 6.34. The molecule has 2 atom stereocenters. The fourth-order valence-electron chi connectivity index (χ4n) is 1.75. The molecule has 0 radical (unpaired) electrons. The Kier molecular flexibility index (Phi) is 2.95. The molecule has 0 aromatic carbocycles. The monoisotopic (exact) mass is 218 g/mol. The fraction of sp³-hybridized carbons (Fsp3) is 0.889. The molecule has 0 N–H and O–H groups in total. The number of epoxide rings is 2. The summed E-state index contributed by atoms with van der Waals surface area (Å²) in [6.07, 6.45) is 3.24. The van der Waals surface area contributed by atoms with Gasteiger partial charge in [-0.05, 0) is 0 Å². The molecule has 3 rings (SSSR count). The highest BCUT2D eigenvalue weighted by molar-refractivity contribution is 5.50. The van der Waals surface area contributed by atoms with Gasteiger partial charge in [0.2, 0.25) is 6.34 Å². The molecule has 0 aliphatic carbocycles. The van der Waals surface area contributed by atoms with Gasteiger partial charge in [0.25, 0.3) is 0 Å². The minimum Gasteiger partial charge on any atom is -1.00 e. The maximum atomic E-state index is 5.19. The highest BCUT2D eigenvalue weighted by Crippen LogP contribution is 2.13. The summed E-state index contributed by atoms with van der Waals surface area (Å²) < 4.78 is 12.7. The maximum Gasteiger partial charge on any atom is 0.234 e. The van der Waals surface area contributed by atoms with Crippen molar-refractivity contribution in [3.8, 4) is 0 Å². The van der Waals surface area contributed by atoms with Crippen molar-refractivity contribution in [3.63, 3.8) is 0 Å². The topological polar surface area (TPSA) is 31.3 Å². The lowest BCUT2D eigenvalue weighted by molar-refractivity contribution is -0.515. The number of nitrogens with zero attached hydrogens (tertiary/aromatic N) is 2. The van der Waals surface area contributed by atoms with Crippen LogP contribution >= 0.6 is 0 Å². The van der Waals surface area contributed by atoms with Crippen molar-refractivity contribution in [1.82, 2.24) is 4.90 Å². The van der Waals surface area contributed by atoms with Gasteiger partial charge in [0.05, 0.1) is 13.2 Å². The van der Waals surface area contributed by atoms with Crippen molar-refractivity contribution < 1.29 is 26.5 Å². The van der Waals surface area contributed by atoms with Gasteiger partial charge in [0, 0.05) is 0 Å². The van der Waals surface area contributed by atoms with Gasteiger partial charge >= 0.3 is 0 Å². The van der Waals surface area contributed by atoms with Crippen molar-refractivity contribution in [2.24, 2.45) is 0 Å². The molecule has 0 saturated carbocycles. The first kappa shape index (κ1) is 10.2. The molecule has 5 heteroatoms. The first-order valence-electron chi connectivity index (χ1n) is 4.96. The molecule has 0 amide bonds. The van der Waals surface area contributed by atoms with Crippen LogP contribution in [0.4, 0.5) is 0 Å². The lowest BCUT2D eigenvalue weighted by Gasteiger charge is -2.01. The van der Waals surface area contributed by atoms with Crippen LogP contribution in [-0.2, 0) is 9.47 Å². The lowest BCUT2D eigenvalue weighted by Crippen LogP contribution is -3.00. The minimum absolute atomic E-state index is 0. The molecule has 0 bridgehead atoms. The van der Waals surface area contributed by atoms with Crippen LogP contribution in [0.5, 0.6) is 0 Å². The molecule has 3 heterocycles. The second-order valence-corrected chi connectivity index (χ2v) is 4.02. The first-order chi connectivity index (χ1) is 6.40. The van der Waals surface area contributed by atoms with Crippen LogP contribution in [0.2, 0.25) is 0 Å². The summed E-state index contributed by atoms with van der Waals surface area (Å²) in [5.41, 5.74) is 0. The standard InChI is InChI=1S/C9H15N2O2.ClH/c1-2-11(4-9-6-13-9)7-10(1)3-8-5-12-8;/h7-9H,1-6H2;1H/q+1;/p-1. The van der Waals surface area contributed by atoms with E-state index in [4.69, 9.17) is 9.47 Å². The average Bonchev–Trinajstić information content (AvgIpc) is 2.96. The third kappa shape index (κ3) is 2.59.